The lowest BCUT2D eigenvalue weighted by Crippen LogP contribution is -2.27. The smallest absolute Gasteiger partial charge is 0.241 e. The fraction of sp³-hybridized carbons (Fsp3) is 0.526. The summed E-state index contributed by atoms with van der Waals surface area (Å²) in [4.78, 5) is 12.4. The summed E-state index contributed by atoms with van der Waals surface area (Å²) in [6.45, 7) is 5.37. The predicted molar refractivity (Wildman–Crippen MR) is 116 cm³/mol. The lowest BCUT2D eigenvalue weighted by Gasteiger charge is -2.19. The Bertz CT molecular complexity index is 1000. The van der Waals surface area contributed by atoms with Crippen molar-refractivity contribution in [3.8, 4) is 0 Å². The number of aliphatic hydroxyl groups is 1. The number of halogens is 3. The van der Waals surface area contributed by atoms with Crippen LogP contribution in [-0.4, -0.2) is 47.4 Å². The van der Waals surface area contributed by atoms with E-state index in [-0.39, 0.29) is 53.3 Å². The van der Waals surface area contributed by atoms with Crippen LogP contribution in [0.25, 0.3) is 0 Å². The molecule has 0 unspecified atom stereocenters. The molecule has 3 N–H and O–H groups in total. The summed E-state index contributed by atoms with van der Waals surface area (Å²) in [5, 5.41) is 12.5. The van der Waals surface area contributed by atoms with Gasteiger partial charge in [0.2, 0.25) is 21.9 Å². The summed E-state index contributed by atoms with van der Waals surface area (Å²) in [6.07, 6.45) is 1.56. The van der Waals surface area contributed by atoms with Gasteiger partial charge in [-0.25, -0.2) is 17.2 Å². The highest BCUT2D eigenvalue weighted by Crippen LogP contribution is 2.28. The third-order valence-electron chi connectivity index (χ3n) is 4.29. The maximum atomic E-state index is 14.3. The van der Waals surface area contributed by atoms with Gasteiger partial charge >= 0.3 is 0 Å². The van der Waals surface area contributed by atoms with Crippen LogP contribution in [0.1, 0.15) is 44.5 Å². The van der Waals surface area contributed by atoms with Gasteiger partial charge in [-0.15, -0.1) is 0 Å². The fourth-order valence-electron chi connectivity index (χ4n) is 3.12. The number of nitrogens with zero attached hydrogens (tertiary/aromatic N) is 3. The third kappa shape index (κ3) is 7.82. The standard InChI is InChI=1S/C19H26ClF2N5O3S/c1-10(2)5-13(9-28)23-18-24-16(25-19(26-18)27-31(4,29)30)6-11(3)17-14(21)7-12(20)8-15(17)22/h7-8,10-11,13,28H,5-6,9H2,1-4H3,(H2,23,24,25,26,27)/t11-,13-/m1/s1. The van der Waals surface area contributed by atoms with E-state index in [0.717, 1.165) is 18.4 Å². The average Bonchev–Trinajstić information content (AvgIpc) is 2.57. The Morgan fingerprint density at radius 2 is 1.68 bits per heavy atom. The first-order valence-electron chi connectivity index (χ1n) is 9.62. The number of hydrogen-bond donors (Lipinski definition) is 3. The van der Waals surface area contributed by atoms with E-state index in [1.807, 2.05) is 13.8 Å². The topological polar surface area (TPSA) is 117 Å². The van der Waals surface area contributed by atoms with Crippen molar-refractivity contribution in [1.82, 2.24) is 15.0 Å². The molecule has 1 aromatic carbocycles. The van der Waals surface area contributed by atoms with Gasteiger partial charge < -0.3 is 10.4 Å². The number of aromatic nitrogens is 3. The molecule has 12 heteroatoms. The van der Waals surface area contributed by atoms with Gasteiger partial charge in [-0.1, -0.05) is 32.4 Å². The van der Waals surface area contributed by atoms with Gasteiger partial charge in [-0.3, -0.25) is 4.72 Å². The molecule has 1 heterocycles. The summed E-state index contributed by atoms with van der Waals surface area (Å²) < 4.78 is 54.0. The molecule has 0 fully saturated rings. The molecule has 0 saturated heterocycles. The van der Waals surface area contributed by atoms with Crippen LogP contribution in [0, 0.1) is 17.6 Å². The Morgan fingerprint density at radius 1 is 1.10 bits per heavy atom. The molecule has 8 nitrogen and oxygen atoms in total. The molecule has 0 amide bonds. The van der Waals surface area contributed by atoms with Crippen LogP contribution < -0.4 is 10.0 Å². The van der Waals surface area contributed by atoms with Gasteiger partial charge in [-0.2, -0.15) is 15.0 Å². The van der Waals surface area contributed by atoms with E-state index in [1.54, 1.807) is 6.92 Å². The minimum absolute atomic E-state index is 0.000906. The van der Waals surface area contributed by atoms with Gasteiger partial charge in [0.05, 0.1) is 18.9 Å². The fourth-order valence-corrected chi connectivity index (χ4v) is 3.73. The largest absolute Gasteiger partial charge is 0.394 e. The summed E-state index contributed by atoms with van der Waals surface area (Å²) in [7, 11) is -3.68. The molecule has 2 aromatic rings. The number of sulfonamides is 1. The summed E-state index contributed by atoms with van der Waals surface area (Å²) in [5.41, 5.74) is -0.176. The molecule has 0 saturated carbocycles. The molecule has 0 bridgehead atoms. The first kappa shape index (κ1) is 25.2. The van der Waals surface area contributed by atoms with Crippen LogP contribution >= 0.6 is 11.6 Å². The molecule has 0 aliphatic heterocycles. The first-order valence-corrected chi connectivity index (χ1v) is 11.9. The van der Waals surface area contributed by atoms with Crippen molar-refractivity contribution < 1.29 is 22.3 Å². The van der Waals surface area contributed by atoms with Crippen molar-refractivity contribution in [2.75, 3.05) is 22.9 Å². The van der Waals surface area contributed by atoms with Gasteiger partial charge in [0.25, 0.3) is 0 Å². The quantitative estimate of drug-likeness (QED) is 0.480. The monoisotopic (exact) mass is 477 g/mol. The van der Waals surface area contributed by atoms with Crippen molar-refractivity contribution in [1.29, 1.82) is 0 Å². The van der Waals surface area contributed by atoms with E-state index in [1.165, 1.54) is 0 Å². The highest BCUT2D eigenvalue weighted by atomic mass is 35.5. The van der Waals surface area contributed by atoms with E-state index in [4.69, 9.17) is 11.6 Å². The number of hydrogen-bond acceptors (Lipinski definition) is 7. The van der Waals surface area contributed by atoms with E-state index < -0.39 is 27.6 Å². The summed E-state index contributed by atoms with van der Waals surface area (Å²) >= 11 is 5.68. The van der Waals surface area contributed by atoms with Crippen molar-refractivity contribution >= 4 is 33.5 Å². The van der Waals surface area contributed by atoms with E-state index in [9.17, 15) is 22.3 Å². The lowest BCUT2D eigenvalue weighted by atomic mass is 9.96. The second-order valence-corrected chi connectivity index (χ2v) is 10.00. The van der Waals surface area contributed by atoms with E-state index in [0.29, 0.717) is 6.42 Å². The average molecular weight is 478 g/mol. The number of anilines is 2. The van der Waals surface area contributed by atoms with Crippen LogP contribution in [0.15, 0.2) is 12.1 Å². The molecule has 2 atom stereocenters. The van der Waals surface area contributed by atoms with Gasteiger partial charge in [-0.05, 0) is 30.4 Å². The minimum atomic E-state index is -3.68. The second-order valence-electron chi connectivity index (χ2n) is 7.81. The number of benzene rings is 1. The SMILES string of the molecule is CC(C)C[C@H](CO)Nc1nc(C[C@@H](C)c2c(F)cc(Cl)cc2F)nc(NS(C)(=O)=O)n1. The summed E-state index contributed by atoms with van der Waals surface area (Å²) in [6, 6.07) is 1.67. The van der Waals surface area contributed by atoms with Crippen molar-refractivity contribution in [3.63, 3.8) is 0 Å². The maximum absolute atomic E-state index is 14.3. The maximum Gasteiger partial charge on any atom is 0.241 e. The zero-order valence-electron chi connectivity index (χ0n) is 17.7. The molecule has 2 rings (SSSR count). The lowest BCUT2D eigenvalue weighted by molar-refractivity contribution is 0.259. The zero-order valence-corrected chi connectivity index (χ0v) is 19.2. The number of rotatable bonds is 10. The Labute approximate surface area is 185 Å². The Hall–Kier alpha value is -2.11. The second kappa shape index (κ2) is 10.5. The highest BCUT2D eigenvalue weighted by molar-refractivity contribution is 7.91. The molecule has 0 aliphatic carbocycles. The zero-order chi connectivity index (χ0) is 23.3. The molecule has 0 spiro atoms. The molecular weight excluding hydrogens is 452 g/mol. The van der Waals surface area contributed by atoms with E-state index in [2.05, 4.69) is 25.0 Å². The van der Waals surface area contributed by atoms with Crippen LogP contribution in [0.5, 0.6) is 0 Å². The van der Waals surface area contributed by atoms with Crippen molar-refractivity contribution in [3.05, 3.63) is 40.2 Å². The van der Waals surface area contributed by atoms with Crippen LogP contribution in [0.3, 0.4) is 0 Å². The van der Waals surface area contributed by atoms with Crippen molar-refractivity contribution in [2.45, 2.75) is 45.6 Å². The molecule has 31 heavy (non-hydrogen) atoms. The van der Waals surface area contributed by atoms with Crippen LogP contribution in [-0.2, 0) is 16.4 Å². The van der Waals surface area contributed by atoms with Gasteiger partial charge in [0.1, 0.15) is 17.5 Å². The number of aliphatic hydroxyl groups excluding tert-OH is 1. The molecule has 0 aliphatic rings. The van der Waals surface area contributed by atoms with E-state index >= 15 is 0 Å². The van der Waals surface area contributed by atoms with Crippen LogP contribution in [0.2, 0.25) is 5.02 Å². The minimum Gasteiger partial charge on any atom is -0.394 e. The molecular formula is C19H26ClF2N5O3S. The molecule has 0 radical (unpaired) electrons. The Balaban J connectivity index is 2.38. The Kier molecular flexibility index (Phi) is 8.49. The van der Waals surface area contributed by atoms with Crippen molar-refractivity contribution in [2.24, 2.45) is 5.92 Å². The first-order chi connectivity index (χ1) is 14.4. The molecule has 172 valence electrons. The van der Waals surface area contributed by atoms with Crippen LogP contribution in [0.4, 0.5) is 20.7 Å². The third-order valence-corrected chi connectivity index (χ3v) is 5.06. The Morgan fingerprint density at radius 3 is 2.19 bits per heavy atom. The molecule has 1 aromatic heterocycles. The normalized spacial score (nSPS) is 13.8. The predicted octanol–water partition coefficient (Wildman–Crippen LogP) is 3.34. The van der Waals surface area contributed by atoms with Gasteiger partial charge in [0, 0.05) is 17.0 Å². The summed E-state index contributed by atoms with van der Waals surface area (Å²) in [5.74, 6) is -2.07. The van der Waals surface area contributed by atoms with Gasteiger partial charge in [0.15, 0.2) is 0 Å². The number of nitrogens with one attached hydrogen (secondary N) is 2. The highest BCUT2D eigenvalue weighted by Gasteiger charge is 2.21.